The van der Waals surface area contributed by atoms with Crippen LogP contribution in [-0.2, 0) is 0 Å². The summed E-state index contributed by atoms with van der Waals surface area (Å²) in [6.45, 7) is 1.53. The van der Waals surface area contributed by atoms with Gasteiger partial charge in [0.15, 0.2) is 11.9 Å². The van der Waals surface area contributed by atoms with E-state index >= 15 is 0 Å². The van der Waals surface area contributed by atoms with Crippen LogP contribution >= 0.6 is 11.6 Å². The summed E-state index contributed by atoms with van der Waals surface area (Å²) >= 11 is 5.75. The van der Waals surface area contributed by atoms with E-state index < -0.39 is 11.0 Å². The number of hydrogen-bond acceptors (Lipinski definition) is 5. The van der Waals surface area contributed by atoms with Crippen molar-refractivity contribution in [3.63, 3.8) is 0 Å². The highest BCUT2D eigenvalue weighted by molar-refractivity contribution is 6.30. The molecule has 0 radical (unpaired) electrons. The molecule has 7 heteroatoms. The molecule has 23 heavy (non-hydrogen) atoms. The Kier molecular flexibility index (Phi) is 5.18. The monoisotopic (exact) mass is 335 g/mol. The number of Topliss-reactive ketones (excluding diaryl/α,β-unsaturated/α-hetero) is 1. The topological polar surface area (TPSA) is 78.7 Å². The number of ketones is 1. The number of ether oxygens (including phenoxy) is 2. The van der Waals surface area contributed by atoms with Crippen molar-refractivity contribution in [1.82, 2.24) is 0 Å². The fourth-order valence-corrected chi connectivity index (χ4v) is 2.13. The number of carbonyl (C=O) groups excluding carboxylic acids is 1. The third-order valence-corrected chi connectivity index (χ3v) is 3.40. The molecule has 2 aromatic carbocycles. The zero-order chi connectivity index (χ0) is 17.0. The maximum Gasteiger partial charge on any atom is 0.312 e. The number of carbonyl (C=O) groups is 1. The molecule has 0 spiro atoms. The molecule has 0 unspecified atom stereocenters. The number of nitrogens with zero attached hydrogens (tertiary/aromatic N) is 1. The number of nitro groups is 1. The smallest absolute Gasteiger partial charge is 0.312 e. The number of nitro benzene ring substituents is 1. The van der Waals surface area contributed by atoms with E-state index in [-0.39, 0.29) is 22.2 Å². The lowest BCUT2D eigenvalue weighted by Crippen LogP contribution is -2.24. The van der Waals surface area contributed by atoms with E-state index in [9.17, 15) is 14.9 Å². The lowest BCUT2D eigenvalue weighted by atomic mass is 10.1. The van der Waals surface area contributed by atoms with E-state index in [4.69, 9.17) is 21.1 Å². The minimum absolute atomic E-state index is 0.00578. The van der Waals surface area contributed by atoms with Crippen molar-refractivity contribution >= 4 is 23.1 Å². The Labute approximate surface area is 137 Å². The number of rotatable bonds is 6. The number of halogens is 1. The van der Waals surface area contributed by atoms with Gasteiger partial charge in [-0.1, -0.05) is 11.6 Å². The molecule has 0 aliphatic carbocycles. The van der Waals surface area contributed by atoms with E-state index in [1.807, 2.05) is 0 Å². The first-order chi connectivity index (χ1) is 10.9. The highest BCUT2D eigenvalue weighted by Crippen LogP contribution is 2.31. The Morgan fingerprint density at radius 3 is 2.43 bits per heavy atom. The minimum Gasteiger partial charge on any atom is -0.497 e. The molecule has 0 heterocycles. The average Bonchev–Trinajstić information content (AvgIpc) is 2.55. The molecule has 0 saturated carbocycles. The fourth-order valence-electron chi connectivity index (χ4n) is 1.97. The standard InChI is InChI=1S/C16H14ClNO5/c1-10(16(19)11-3-6-13(22-2)7-4-11)23-15-8-5-12(17)9-14(15)18(20)21/h3-10H,1-2H3/t10-/m1/s1. The van der Waals surface area contributed by atoms with Crippen LogP contribution in [-0.4, -0.2) is 23.9 Å². The summed E-state index contributed by atoms with van der Waals surface area (Å²) in [4.78, 5) is 22.8. The lowest BCUT2D eigenvalue weighted by molar-refractivity contribution is -0.386. The van der Waals surface area contributed by atoms with Gasteiger partial charge in [0.25, 0.3) is 0 Å². The van der Waals surface area contributed by atoms with Gasteiger partial charge in [-0.25, -0.2) is 0 Å². The van der Waals surface area contributed by atoms with Crippen LogP contribution in [0.2, 0.25) is 5.02 Å². The second-order valence-corrected chi connectivity index (χ2v) is 5.16. The molecule has 0 aromatic heterocycles. The third kappa shape index (κ3) is 3.98. The van der Waals surface area contributed by atoms with Crippen LogP contribution in [0.1, 0.15) is 17.3 Å². The largest absolute Gasteiger partial charge is 0.497 e. The molecule has 0 saturated heterocycles. The van der Waals surface area contributed by atoms with Crippen LogP contribution in [0.15, 0.2) is 42.5 Å². The molecule has 0 aliphatic rings. The van der Waals surface area contributed by atoms with Gasteiger partial charge in [0.1, 0.15) is 5.75 Å². The molecule has 2 aromatic rings. The van der Waals surface area contributed by atoms with Gasteiger partial charge in [-0.15, -0.1) is 0 Å². The molecule has 0 amide bonds. The second-order valence-electron chi connectivity index (χ2n) is 4.72. The highest BCUT2D eigenvalue weighted by atomic mass is 35.5. The van der Waals surface area contributed by atoms with Crippen molar-refractivity contribution in [2.45, 2.75) is 13.0 Å². The number of benzene rings is 2. The van der Waals surface area contributed by atoms with Gasteiger partial charge < -0.3 is 9.47 Å². The van der Waals surface area contributed by atoms with Gasteiger partial charge in [0.2, 0.25) is 5.78 Å². The van der Waals surface area contributed by atoms with Crippen LogP contribution in [0, 0.1) is 10.1 Å². The first kappa shape index (κ1) is 16.8. The molecular formula is C16H14ClNO5. The van der Waals surface area contributed by atoms with Gasteiger partial charge in [-0.05, 0) is 43.3 Å². The van der Waals surface area contributed by atoms with Gasteiger partial charge in [0.05, 0.1) is 12.0 Å². The van der Waals surface area contributed by atoms with Crippen LogP contribution < -0.4 is 9.47 Å². The summed E-state index contributed by atoms with van der Waals surface area (Å²) in [5.41, 5.74) is 0.141. The first-order valence-electron chi connectivity index (χ1n) is 6.71. The SMILES string of the molecule is COc1ccc(C(=O)[C@@H](C)Oc2ccc(Cl)cc2[N+](=O)[O-])cc1. The van der Waals surface area contributed by atoms with E-state index in [0.717, 1.165) is 0 Å². The van der Waals surface area contributed by atoms with E-state index in [0.29, 0.717) is 11.3 Å². The molecule has 6 nitrogen and oxygen atoms in total. The predicted octanol–water partition coefficient (Wildman–Crippen LogP) is 3.91. The quantitative estimate of drug-likeness (QED) is 0.454. The Hall–Kier alpha value is -2.60. The van der Waals surface area contributed by atoms with Gasteiger partial charge in [-0.2, -0.15) is 0 Å². The third-order valence-electron chi connectivity index (χ3n) is 3.17. The second kappa shape index (κ2) is 7.11. The maximum absolute atomic E-state index is 12.3. The number of methoxy groups -OCH3 is 1. The Bertz CT molecular complexity index is 730. The molecular weight excluding hydrogens is 322 g/mol. The van der Waals surface area contributed by atoms with Crippen molar-refractivity contribution in [3.05, 3.63) is 63.2 Å². The molecule has 120 valence electrons. The summed E-state index contributed by atoms with van der Waals surface area (Å²) in [5.74, 6) is 0.328. The van der Waals surface area contributed by atoms with Crippen molar-refractivity contribution in [2.75, 3.05) is 7.11 Å². The van der Waals surface area contributed by atoms with Crippen molar-refractivity contribution in [2.24, 2.45) is 0 Å². The van der Waals surface area contributed by atoms with Crippen LogP contribution in [0.3, 0.4) is 0 Å². The number of hydrogen-bond donors (Lipinski definition) is 0. The lowest BCUT2D eigenvalue weighted by Gasteiger charge is -2.14. The molecule has 0 aliphatic heterocycles. The van der Waals surface area contributed by atoms with Gasteiger partial charge in [0, 0.05) is 16.7 Å². The Morgan fingerprint density at radius 1 is 1.22 bits per heavy atom. The molecule has 0 N–H and O–H groups in total. The summed E-state index contributed by atoms with van der Waals surface area (Å²) in [7, 11) is 1.53. The van der Waals surface area contributed by atoms with E-state index in [1.165, 1.54) is 32.2 Å². The first-order valence-corrected chi connectivity index (χ1v) is 7.09. The summed E-state index contributed by atoms with van der Waals surface area (Å²) < 4.78 is 10.5. The molecule has 2 rings (SSSR count). The average molecular weight is 336 g/mol. The van der Waals surface area contributed by atoms with Crippen LogP contribution in [0.4, 0.5) is 5.69 Å². The zero-order valence-corrected chi connectivity index (χ0v) is 13.2. The Morgan fingerprint density at radius 2 is 1.87 bits per heavy atom. The van der Waals surface area contributed by atoms with Crippen molar-refractivity contribution in [1.29, 1.82) is 0 Å². The van der Waals surface area contributed by atoms with Crippen LogP contribution in [0.25, 0.3) is 0 Å². The Balaban J connectivity index is 2.19. The predicted molar refractivity (Wildman–Crippen MR) is 85.5 cm³/mol. The highest BCUT2D eigenvalue weighted by Gasteiger charge is 2.22. The maximum atomic E-state index is 12.3. The molecule has 1 atom stereocenters. The van der Waals surface area contributed by atoms with Crippen LogP contribution in [0.5, 0.6) is 11.5 Å². The minimum atomic E-state index is -0.886. The van der Waals surface area contributed by atoms with Crippen molar-refractivity contribution < 1.29 is 19.2 Å². The zero-order valence-electron chi connectivity index (χ0n) is 12.5. The van der Waals surface area contributed by atoms with E-state index in [1.54, 1.807) is 24.3 Å². The van der Waals surface area contributed by atoms with E-state index in [2.05, 4.69) is 0 Å². The molecule has 0 bridgehead atoms. The molecule has 0 fully saturated rings. The summed E-state index contributed by atoms with van der Waals surface area (Å²) in [6.07, 6.45) is -0.886. The van der Waals surface area contributed by atoms with Gasteiger partial charge >= 0.3 is 5.69 Å². The van der Waals surface area contributed by atoms with Crippen molar-refractivity contribution in [3.8, 4) is 11.5 Å². The summed E-state index contributed by atoms with van der Waals surface area (Å²) in [6, 6.07) is 10.6. The van der Waals surface area contributed by atoms with Gasteiger partial charge in [-0.3, -0.25) is 14.9 Å². The fraction of sp³-hybridized carbons (Fsp3) is 0.188. The normalized spacial score (nSPS) is 11.6. The summed E-state index contributed by atoms with van der Waals surface area (Å²) in [5, 5.41) is 11.3.